The second-order valence-electron chi connectivity index (χ2n) is 2.12. The van der Waals surface area contributed by atoms with E-state index >= 15 is 0 Å². The summed E-state index contributed by atoms with van der Waals surface area (Å²) in [5.41, 5.74) is 0. The Hall–Kier alpha value is -0.170. The molecular formula is C8H12S. The first-order valence-corrected chi connectivity index (χ1v) is 4.40. The van der Waals surface area contributed by atoms with Crippen LogP contribution >= 0.6 is 11.8 Å². The van der Waals surface area contributed by atoms with Crippen LogP contribution in [0.15, 0.2) is 23.1 Å². The van der Waals surface area contributed by atoms with E-state index in [4.69, 9.17) is 0 Å². The van der Waals surface area contributed by atoms with Crippen LogP contribution in [0.2, 0.25) is 0 Å². The van der Waals surface area contributed by atoms with Gasteiger partial charge in [-0.15, -0.1) is 11.8 Å². The topological polar surface area (TPSA) is 0 Å². The Bertz CT molecular complexity index is 134. The summed E-state index contributed by atoms with van der Waals surface area (Å²) in [6.45, 7) is 2.22. The maximum Gasteiger partial charge on any atom is 0.0160 e. The predicted octanol–water partition coefficient (Wildman–Crippen LogP) is 2.97. The van der Waals surface area contributed by atoms with Gasteiger partial charge in [-0.25, -0.2) is 0 Å². The molecule has 0 atom stereocenters. The molecule has 0 N–H and O–H groups in total. The highest BCUT2D eigenvalue weighted by Gasteiger charge is 1.96. The van der Waals surface area contributed by atoms with Crippen LogP contribution in [0.4, 0.5) is 0 Å². The third-order valence-electron chi connectivity index (χ3n) is 1.28. The van der Waals surface area contributed by atoms with Gasteiger partial charge in [0.1, 0.15) is 0 Å². The van der Waals surface area contributed by atoms with Gasteiger partial charge in [0.25, 0.3) is 0 Å². The van der Waals surface area contributed by atoms with Gasteiger partial charge in [0.15, 0.2) is 0 Å². The van der Waals surface area contributed by atoms with Gasteiger partial charge in [-0.1, -0.05) is 31.6 Å². The van der Waals surface area contributed by atoms with Crippen molar-refractivity contribution < 1.29 is 0 Å². The normalized spacial score (nSPS) is 17.7. The minimum Gasteiger partial charge on any atom is -0.126 e. The molecule has 0 aromatic carbocycles. The fraction of sp³-hybridized carbons (Fsp3) is 0.500. The van der Waals surface area contributed by atoms with Gasteiger partial charge in [-0.2, -0.15) is 0 Å². The number of thioether (sulfide) groups is 1. The predicted molar refractivity (Wildman–Crippen MR) is 44.6 cm³/mol. The van der Waals surface area contributed by atoms with Crippen LogP contribution in [0.5, 0.6) is 0 Å². The van der Waals surface area contributed by atoms with Gasteiger partial charge in [0.2, 0.25) is 0 Å². The first-order chi connectivity index (χ1) is 4.43. The molecule has 1 aliphatic rings. The zero-order valence-corrected chi connectivity index (χ0v) is 6.58. The van der Waals surface area contributed by atoms with Crippen molar-refractivity contribution in [2.75, 3.05) is 5.75 Å². The molecule has 0 bridgehead atoms. The average Bonchev–Trinajstić information content (AvgIpc) is 1.91. The second-order valence-corrected chi connectivity index (χ2v) is 3.27. The minimum absolute atomic E-state index is 1.17. The Morgan fingerprint density at radius 2 is 2.56 bits per heavy atom. The van der Waals surface area contributed by atoms with Crippen molar-refractivity contribution in [2.24, 2.45) is 0 Å². The summed E-state index contributed by atoms with van der Waals surface area (Å²) in [5.74, 6) is 1.17. The van der Waals surface area contributed by atoms with E-state index in [9.17, 15) is 0 Å². The van der Waals surface area contributed by atoms with Crippen molar-refractivity contribution in [3.05, 3.63) is 23.1 Å². The van der Waals surface area contributed by atoms with Crippen LogP contribution in [0.3, 0.4) is 0 Å². The van der Waals surface area contributed by atoms with Crippen LogP contribution in [-0.2, 0) is 0 Å². The first-order valence-electron chi connectivity index (χ1n) is 3.42. The summed E-state index contributed by atoms with van der Waals surface area (Å²) in [7, 11) is 0. The molecule has 1 rings (SSSR count). The summed E-state index contributed by atoms with van der Waals surface area (Å²) in [5, 5.41) is 0. The molecule has 0 amide bonds. The maximum atomic E-state index is 2.22. The Balaban J connectivity index is 2.38. The second kappa shape index (κ2) is 3.78. The molecule has 0 aliphatic carbocycles. The van der Waals surface area contributed by atoms with E-state index in [-0.39, 0.29) is 0 Å². The van der Waals surface area contributed by atoms with Crippen LogP contribution in [0.1, 0.15) is 19.8 Å². The van der Waals surface area contributed by atoms with Gasteiger partial charge in [-0.3, -0.25) is 0 Å². The lowest BCUT2D eigenvalue weighted by atomic mass is 10.3. The first kappa shape index (κ1) is 6.94. The summed E-state index contributed by atoms with van der Waals surface area (Å²) < 4.78 is 0. The molecule has 9 heavy (non-hydrogen) atoms. The standard InChI is InChI=1S/C8H12S/c1-2-5-8-6-3-4-7-9-8/h3-4,6H,2,5,7H2,1H3. The lowest BCUT2D eigenvalue weighted by molar-refractivity contribution is 0.947. The van der Waals surface area contributed by atoms with Crippen molar-refractivity contribution in [1.82, 2.24) is 0 Å². The molecule has 0 unspecified atom stereocenters. The summed E-state index contributed by atoms with van der Waals surface area (Å²) in [6, 6.07) is 0. The highest BCUT2D eigenvalue weighted by molar-refractivity contribution is 8.03. The molecule has 0 aromatic heterocycles. The molecule has 0 saturated carbocycles. The summed E-state index contributed by atoms with van der Waals surface area (Å²) in [4.78, 5) is 1.54. The van der Waals surface area contributed by atoms with Gasteiger partial charge >= 0.3 is 0 Å². The lowest BCUT2D eigenvalue weighted by Gasteiger charge is -2.05. The monoisotopic (exact) mass is 140 g/mol. The van der Waals surface area contributed by atoms with Crippen LogP contribution < -0.4 is 0 Å². The largest absolute Gasteiger partial charge is 0.126 e. The molecular weight excluding hydrogens is 128 g/mol. The van der Waals surface area contributed by atoms with Crippen molar-refractivity contribution in [2.45, 2.75) is 19.8 Å². The van der Waals surface area contributed by atoms with Gasteiger partial charge in [0, 0.05) is 5.75 Å². The van der Waals surface area contributed by atoms with Crippen molar-refractivity contribution in [3.63, 3.8) is 0 Å². The molecule has 1 heterocycles. The van der Waals surface area contributed by atoms with E-state index in [1.807, 2.05) is 11.8 Å². The third kappa shape index (κ3) is 2.27. The Labute approximate surface area is 61.0 Å². The zero-order chi connectivity index (χ0) is 6.53. The van der Waals surface area contributed by atoms with E-state index in [2.05, 4.69) is 25.2 Å². The highest BCUT2D eigenvalue weighted by Crippen LogP contribution is 2.23. The molecule has 0 nitrogen and oxygen atoms in total. The molecule has 0 saturated heterocycles. The van der Waals surface area contributed by atoms with Crippen molar-refractivity contribution in [3.8, 4) is 0 Å². The number of hydrogen-bond donors (Lipinski definition) is 0. The van der Waals surface area contributed by atoms with E-state index in [1.54, 1.807) is 4.91 Å². The number of rotatable bonds is 2. The quantitative estimate of drug-likeness (QED) is 0.568. The molecule has 0 spiro atoms. The van der Waals surface area contributed by atoms with Crippen LogP contribution in [-0.4, -0.2) is 5.75 Å². The summed E-state index contributed by atoms with van der Waals surface area (Å²) in [6.07, 6.45) is 9.10. The average molecular weight is 140 g/mol. The summed E-state index contributed by atoms with van der Waals surface area (Å²) >= 11 is 1.96. The van der Waals surface area contributed by atoms with Gasteiger partial charge in [0.05, 0.1) is 0 Å². The Kier molecular flexibility index (Phi) is 2.92. The van der Waals surface area contributed by atoms with Gasteiger partial charge < -0.3 is 0 Å². The van der Waals surface area contributed by atoms with Gasteiger partial charge in [-0.05, 0) is 11.3 Å². The SMILES string of the molecule is CCCC1=CC=CCS1. The smallest absolute Gasteiger partial charge is 0.0160 e. The Morgan fingerprint density at radius 3 is 3.11 bits per heavy atom. The number of allylic oxidation sites excluding steroid dienone is 3. The molecule has 0 aromatic rings. The molecule has 1 heteroatoms. The molecule has 50 valence electrons. The van der Waals surface area contributed by atoms with Crippen molar-refractivity contribution in [1.29, 1.82) is 0 Å². The molecule has 0 radical (unpaired) electrons. The zero-order valence-electron chi connectivity index (χ0n) is 5.76. The van der Waals surface area contributed by atoms with E-state index in [0.29, 0.717) is 0 Å². The van der Waals surface area contributed by atoms with E-state index < -0.39 is 0 Å². The highest BCUT2D eigenvalue weighted by atomic mass is 32.2. The fourth-order valence-corrected chi connectivity index (χ4v) is 1.78. The van der Waals surface area contributed by atoms with Crippen LogP contribution in [0.25, 0.3) is 0 Å². The molecule has 1 aliphatic heterocycles. The fourth-order valence-electron chi connectivity index (χ4n) is 0.836. The van der Waals surface area contributed by atoms with Crippen molar-refractivity contribution >= 4 is 11.8 Å². The number of hydrogen-bond acceptors (Lipinski definition) is 1. The maximum absolute atomic E-state index is 2.22. The molecule has 0 fully saturated rings. The Morgan fingerprint density at radius 1 is 1.67 bits per heavy atom. The van der Waals surface area contributed by atoms with Crippen LogP contribution in [0, 0.1) is 0 Å². The van der Waals surface area contributed by atoms with E-state index in [0.717, 1.165) is 0 Å². The minimum atomic E-state index is 1.17. The van der Waals surface area contributed by atoms with E-state index in [1.165, 1.54) is 18.6 Å². The lowest BCUT2D eigenvalue weighted by Crippen LogP contribution is -1.82. The third-order valence-corrected chi connectivity index (χ3v) is 2.35.